The van der Waals surface area contributed by atoms with Crippen molar-refractivity contribution in [1.29, 1.82) is 0 Å². The lowest BCUT2D eigenvalue weighted by Gasteiger charge is -2.32. The molecule has 3 atom stereocenters. The molecule has 176 valence electrons. The molecule has 2 saturated carbocycles. The maximum absolute atomic E-state index is 12.1. The number of nitrogens with zero attached hydrogens (tertiary/aromatic N) is 2. The lowest BCUT2D eigenvalue weighted by molar-refractivity contribution is -0.124. The van der Waals surface area contributed by atoms with Crippen molar-refractivity contribution >= 4 is 11.7 Å². The molecular formula is C25H34N6O2. The first-order valence-electron chi connectivity index (χ1n) is 12.2. The van der Waals surface area contributed by atoms with Crippen molar-refractivity contribution in [3.05, 3.63) is 35.5 Å². The van der Waals surface area contributed by atoms with Crippen LogP contribution in [0.5, 0.6) is 5.75 Å². The Morgan fingerprint density at radius 1 is 1.15 bits per heavy atom. The lowest BCUT2D eigenvalue weighted by Crippen LogP contribution is -2.41. The maximum Gasteiger partial charge on any atom is 0.258 e. The number of carbonyl (C=O) groups is 1. The van der Waals surface area contributed by atoms with Crippen LogP contribution in [0.1, 0.15) is 49.8 Å². The van der Waals surface area contributed by atoms with Gasteiger partial charge in [-0.15, -0.1) is 0 Å². The topological polar surface area (TPSA) is 100 Å². The number of hydrazine groups is 1. The van der Waals surface area contributed by atoms with Crippen LogP contribution in [0.4, 0.5) is 5.82 Å². The Balaban J connectivity index is 1.27. The summed E-state index contributed by atoms with van der Waals surface area (Å²) in [6.45, 7) is 5.15. The van der Waals surface area contributed by atoms with Crippen molar-refractivity contribution < 1.29 is 9.53 Å². The van der Waals surface area contributed by atoms with Crippen molar-refractivity contribution in [1.82, 2.24) is 26.1 Å². The summed E-state index contributed by atoms with van der Waals surface area (Å²) < 4.78 is 5.75. The molecular weight excluding hydrogens is 416 g/mol. The van der Waals surface area contributed by atoms with Crippen molar-refractivity contribution in [2.24, 2.45) is 5.92 Å². The number of rotatable bonds is 7. The van der Waals surface area contributed by atoms with Gasteiger partial charge in [-0.05, 0) is 70.4 Å². The Hall–Kier alpha value is -2.71. The molecule has 1 aliphatic heterocycles. The largest absolute Gasteiger partial charge is 0.484 e. The minimum atomic E-state index is -0.0681. The summed E-state index contributed by atoms with van der Waals surface area (Å²) >= 11 is 0. The van der Waals surface area contributed by atoms with Crippen LogP contribution in [0.2, 0.25) is 0 Å². The van der Waals surface area contributed by atoms with Crippen LogP contribution in [0, 0.1) is 19.8 Å². The summed E-state index contributed by atoms with van der Waals surface area (Å²) in [5.74, 6) is 2.82. The SMILES string of the molecule is Cc1nc(-c2cccc(OCC(=O)NC3CCC3)c2)nc(NC2CCC3NNCC3C2)c1C. The first-order chi connectivity index (χ1) is 16.0. The highest BCUT2D eigenvalue weighted by molar-refractivity contribution is 5.78. The minimum absolute atomic E-state index is 0.0219. The minimum Gasteiger partial charge on any atom is -0.484 e. The monoisotopic (exact) mass is 450 g/mol. The highest BCUT2D eigenvalue weighted by Gasteiger charge is 2.34. The summed E-state index contributed by atoms with van der Waals surface area (Å²) in [5, 5.41) is 6.71. The molecule has 5 rings (SSSR count). The van der Waals surface area contributed by atoms with Gasteiger partial charge in [0.1, 0.15) is 11.6 Å². The molecule has 1 aromatic heterocycles. The zero-order chi connectivity index (χ0) is 22.8. The number of anilines is 1. The number of aromatic nitrogens is 2. The van der Waals surface area contributed by atoms with Gasteiger partial charge in [-0.1, -0.05) is 12.1 Å². The van der Waals surface area contributed by atoms with Gasteiger partial charge in [-0.25, -0.2) is 9.97 Å². The molecule has 1 aromatic carbocycles. The van der Waals surface area contributed by atoms with Gasteiger partial charge < -0.3 is 15.4 Å². The number of ether oxygens (including phenoxy) is 1. The molecule has 1 saturated heterocycles. The van der Waals surface area contributed by atoms with Crippen molar-refractivity contribution in [3.8, 4) is 17.1 Å². The molecule has 8 heteroatoms. The number of hydrogen-bond acceptors (Lipinski definition) is 7. The molecule has 2 aliphatic carbocycles. The molecule has 2 heterocycles. The zero-order valence-electron chi connectivity index (χ0n) is 19.5. The lowest BCUT2D eigenvalue weighted by atomic mass is 9.83. The maximum atomic E-state index is 12.1. The van der Waals surface area contributed by atoms with E-state index >= 15 is 0 Å². The molecule has 2 aromatic rings. The fourth-order valence-corrected chi connectivity index (χ4v) is 4.92. The number of carbonyl (C=O) groups excluding carboxylic acids is 1. The number of amides is 1. The number of benzene rings is 1. The molecule has 3 unspecified atom stereocenters. The van der Waals surface area contributed by atoms with E-state index in [4.69, 9.17) is 14.7 Å². The van der Waals surface area contributed by atoms with Crippen LogP contribution in [0.3, 0.4) is 0 Å². The predicted molar refractivity (Wildman–Crippen MR) is 128 cm³/mol. The summed E-state index contributed by atoms with van der Waals surface area (Å²) in [7, 11) is 0. The van der Waals surface area contributed by atoms with Gasteiger partial charge in [-0.2, -0.15) is 0 Å². The second kappa shape index (κ2) is 9.65. The third kappa shape index (κ3) is 5.12. The average Bonchev–Trinajstić information content (AvgIpc) is 3.26. The molecule has 0 bridgehead atoms. The quantitative estimate of drug-likeness (QED) is 0.515. The first-order valence-corrected chi connectivity index (χ1v) is 12.2. The van der Waals surface area contributed by atoms with Crippen LogP contribution in [-0.4, -0.2) is 47.2 Å². The third-order valence-electron chi connectivity index (χ3n) is 7.30. The van der Waals surface area contributed by atoms with Crippen LogP contribution in [0.15, 0.2) is 24.3 Å². The Morgan fingerprint density at radius 3 is 2.85 bits per heavy atom. The summed E-state index contributed by atoms with van der Waals surface area (Å²) in [4.78, 5) is 21.7. The normalized spacial score (nSPS) is 24.6. The van der Waals surface area contributed by atoms with Gasteiger partial charge in [0.05, 0.1) is 0 Å². The average molecular weight is 451 g/mol. The van der Waals surface area contributed by atoms with Gasteiger partial charge in [0.2, 0.25) is 0 Å². The Labute approximate surface area is 195 Å². The molecule has 3 fully saturated rings. The number of hydrogen-bond donors (Lipinski definition) is 4. The number of nitrogens with one attached hydrogen (secondary N) is 4. The van der Waals surface area contributed by atoms with Crippen LogP contribution in [0.25, 0.3) is 11.4 Å². The molecule has 0 spiro atoms. The fourth-order valence-electron chi connectivity index (χ4n) is 4.92. The van der Waals surface area contributed by atoms with E-state index in [-0.39, 0.29) is 12.5 Å². The highest BCUT2D eigenvalue weighted by Crippen LogP contribution is 2.30. The molecule has 1 amide bonds. The van der Waals surface area contributed by atoms with E-state index in [1.54, 1.807) is 0 Å². The summed E-state index contributed by atoms with van der Waals surface area (Å²) in [6.07, 6.45) is 6.75. The zero-order valence-corrected chi connectivity index (χ0v) is 19.5. The molecule has 3 aliphatic rings. The van der Waals surface area contributed by atoms with E-state index in [0.29, 0.717) is 35.6 Å². The van der Waals surface area contributed by atoms with Crippen molar-refractivity contribution in [2.45, 2.75) is 70.5 Å². The van der Waals surface area contributed by atoms with Crippen LogP contribution in [-0.2, 0) is 4.79 Å². The third-order valence-corrected chi connectivity index (χ3v) is 7.30. The van der Waals surface area contributed by atoms with E-state index in [1.807, 2.05) is 31.2 Å². The summed E-state index contributed by atoms with van der Waals surface area (Å²) in [6, 6.07) is 8.99. The van der Waals surface area contributed by atoms with Gasteiger partial charge in [0, 0.05) is 41.5 Å². The summed E-state index contributed by atoms with van der Waals surface area (Å²) in [5.41, 5.74) is 9.62. The second-order valence-corrected chi connectivity index (χ2v) is 9.66. The van der Waals surface area contributed by atoms with E-state index in [0.717, 1.165) is 54.9 Å². The standard InChI is InChI=1S/C25H34N6O2/c1-15-16(2)27-25(30-24(15)29-20-9-10-22-18(11-20)13-26-31-22)17-5-3-8-21(12-17)33-14-23(32)28-19-6-4-7-19/h3,5,8,12,18-20,22,26,31H,4,6-7,9-11,13-14H2,1-2H3,(H,28,32)(H,27,29,30). The number of fused-ring (bicyclic) bond motifs is 1. The Morgan fingerprint density at radius 2 is 2.03 bits per heavy atom. The predicted octanol–water partition coefficient (Wildman–Crippen LogP) is 2.86. The Kier molecular flexibility index (Phi) is 6.46. The smallest absolute Gasteiger partial charge is 0.258 e. The van der Waals surface area contributed by atoms with Gasteiger partial charge in [0.15, 0.2) is 12.4 Å². The van der Waals surface area contributed by atoms with Crippen molar-refractivity contribution in [2.75, 3.05) is 18.5 Å². The molecule has 33 heavy (non-hydrogen) atoms. The molecule has 8 nitrogen and oxygen atoms in total. The number of aryl methyl sites for hydroxylation is 1. The van der Waals surface area contributed by atoms with E-state index < -0.39 is 0 Å². The highest BCUT2D eigenvalue weighted by atomic mass is 16.5. The van der Waals surface area contributed by atoms with Crippen molar-refractivity contribution in [3.63, 3.8) is 0 Å². The van der Waals surface area contributed by atoms with E-state index in [9.17, 15) is 4.79 Å². The first kappa shape index (κ1) is 22.1. The Bertz CT molecular complexity index is 1010. The van der Waals surface area contributed by atoms with Crippen LogP contribution < -0.4 is 26.2 Å². The van der Waals surface area contributed by atoms with E-state index in [2.05, 4.69) is 28.4 Å². The van der Waals surface area contributed by atoms with E-state index in [1.165, 1.54) is 12.8 Å². The second-order valence-electron chi connectivity index (χ2n) is 9.66. The van der Waals surface area contributed by atoms with Gasteiger partial charge in [0.25, 0.3) is 5.91 Å². The van der Waals surface area contributed by atoms with Gasteiger partial charge >= 0.3 is 0 Å². The molecule has 4 N–H and O–H groups in total. The van der Waals surface area contributed by atoms with Crippen LogP contribution >= 0.6 is 0 Å². The molecule has 0 radical (unpaired) electrons. The fraction of sp³-hybridized carbons (Fsp3) is 0.560. The van der Waals surface area contributed by atoms with Gasteiger partial charge in [-0.3, -0.25) is 15.6 Å².